The maximum atomic E-state index is 11.0. The highest BCUT2D eigenvalue weighted by molar-refractivity contribution is 5.95. The summed E-state index contributed by atoms with van der Waals surface area (Å²) in [5.74, 6) is -1.08. The number of carboxylic acids is 1. The molecule has 6 heteroatoms. The molecule has 0 aromatic carbocycles. The van der Waals surface area contributed by atoms with Gasteiger partial charge in [0.1, 0.15) is 11.2 Å². The summed E-state index contributed by atoms with van der Waals surface area (Å²) in [6.45, 7) is 0. The van der Waals surface area contributed by atoms with Gasteiger partial charge in [-0.1, -0.05) is 6.07 Å². The molecule has 6 nitrogen and oxygen atoms in total. The number of carboxylic acid groups (broad SMARTS) is 1. The topological polar surface area (TPSA) is 91.8 Å². The van der Waals surface area contributed by atoms with Crippen LogP contribution in [0.2, 0.25) is 0 Å². The van der Waals surface area contributed by atoms with E-state index in [2.05, 4.69) is 19.9 Å². The van der Waals surface area contributed by atoms with Gasteiger partial charge in [0.15, 0.2) is 5.69 Å². The van der Waals surface area contributed by atoms with E-state index in [4.69, 9.17) is 5.11 Å². The summed E-state index contributed by atoms with van der Waals surface area (Å²) in [5.41, 5.74) is 2.26. The standard InChI is InChI=1S/C12H8N4O2/c17-12(18)9-5-8-10(15-6-14-8)11(16-9)7-3-1-2-4-13-7/h1-6H,(H,14,15)(H,17,18). The Bertz CT molecular complexity index is 721. The summed E-state index contributed by atoms with van der Waals surface area (Å²) in [6.07, 6.45) is 3.13. The molecule has 0 saturated heterocycles. The Morgan fingerprint density at radius 3 is 2.89 bits per heavy atom. The van der Waals surface area contributed by atoms with Crippen LogP contribution in [0.15, 0.2) is 36.8 Å². The fraction of sp³-hybridized carbons (Fsp3) is 0. The second-order valence-corrected chi connectivity index (χ2v) is 3.67. The monoisotopic (exact) mass is 240 g/mol. The van der Waals surface area contributed by atoms with Crippen LogP contribution in [0.3, 0.4) is 0 Å². The van der Waals surface area contributed by atoms with Crippen molar-refractivity contribution in [2.45, 2.75) is 0 Å². The molecule has 18 heavy (non-hydrogen) atoms. The summed E-state index contributed by atoms with van der Waals surface area (Å²) < 4.78 is 0. The summed E-state index contributed by atoms with van der Waals surface area (Å²) in [7, 11) is 0. The lowest BCUT2D eigenvalue weighted by Crippen LogP contribution is -2.02. The van der Waals surface area contributed by atoms with Crippen LogP contribution in [0.1, 0.15) is 10.5 Å². The third-order valence-electron chi connectivity index (χ3n) is 2.53. The van der Waals surface area contributed by atoms with Crippen LogP contribution in [0.4, 0.5) is 0 Å². The van der Waals surface area contributed by atoms with Crippen molar-refractivity contribution in [3.05, 3.63) is 42.5 Å². The normalized spacial score (nSPS) is 10.7. The van der Waals surface area contributed by atoms with Gasteiger partial charge in [-0.05, 0) is 18.2 Å². The Balaban J connectivity index is 2.33. The van der Waals surface area contributed by atoms with Gasteiger partial charge in [-0.2, -0.15) is 0 Å². The van der Waals surface area contributed by atoms with E-state index in [1.807, 2.05) is 6.07 Å². The van der Waals surface area contributed by atoms with Gasteiger partial charge in [-0.3, -0.25) is 4.98 Å². The first-order chi connectivity index (χ1) is 8.75. The number of imidazole rings is 1. The minimum Gasteiger partial charge on any atom is -0.477 e. The lowest BCUT2D eigenvalue weighted by Gasteiger charge is -2.02. The largest absolute Gasteiger partial charge is 0.477 e. The summed E-state index contributed by atoms with van der Waals surface area (Å²) >= 11 is 0. The van der Waals surface area contributed by atoms with Crippen LogP contribution in [-0.2, 0) is 0 Å². The third kappa shape index (κ3) is 1.60. The molecule has 0 bridgehead atoms. The molecule has 0 spiro atoms. The number of rotatable bonds is 2. The molecule has 0 saturated carbocycles. The number of aromatic nitrogens is 4. The number of hydrogen-bond acceptors (Lipinski definition) is 4. The Labute approximate surface area is 101 Å². The van der Waals surface area contributed by atoms with E-state index in [1.54, 1.807) is 18.3 Å². The van der Waals surface area contributed by atoms with E-state index in [0.717, 1.165) is 0 Å². The van der Waals surface area contributed by atoms with Crippen LogP contribution in [-0.4, -0.2) is 31.0 Å². The predicted molar refractivity (Wildman–Crippen MR) is 64.1 cm³/mol. The minimum atomic E-state index is -1.08. The number of fused-ring (bicyclic) bond motifs is 1. The summed E-state index contributed by atoms with van der Waals surface area (Å²) in [5, 5.41) is 9.04. The smallest absolute Gasteiger partial charge is 0.354 e. The molecular formula is C12H8N4O2. The lowest BCUT2D eigenvalue weighted by atomic mass is 10.2. The van der Waals surface area contributed by atoms with Gasteiger partial charge < -0.3 is 10.1 Å². The van der Waals surface area contributed by atoms with Crippen LogP contribution >= 0.6 is 0 Å². The third-order valence-corrected chi connectivity index (χ3v) is 2.53. The molecule has 2 N–H and O–H groups in total. The first-order valence-corrected chi connectivity index (χ1v) is 5.24. The molecule has 0 atom stereocenters. The Morgan fingerprint density at radius 2 is 2.17 bits per heavy atom. The van der Waals surface area contributed by atoms with Gasteiger partial charge in [0.05, 0.1) is 17.5 Å². The first-order valence-electron chi connectivity index (χ1n) is 5.24. The molecule has 0 aliphatic heterocycles. The highest BCUT2D eigenvalue weighted by atomic mass is 16.4. The van der Waals surface area contributed by atoms with Crippen molar-refractivity contribution in [3.63, 3.8) is 0 Å². The summed E-state index contributed by atoms with van der Waals surface area (Å²) in [4.78, 5) is 26.3. The Hall–Kier alpha value is -2.76. The van der Waals surface area contributed by atoms with Crippen molar-refractivity contribution in [2.24, 2.45) is 0 Å². The van der Waals surface area contributed by atoms with E-state index in [1.165, 1.54) is 12.4 Å². The van der Waals surface area contributed by atoms with Crippen molar-refractivity contribution in [2.75, 3.05) is 0 Å². The van der Waals surface area contributed by atoms with Gasteiger partial charge in [0, 0.05) is 6.20 Å². The number of carbonyl (C=O) groups is 1. The molecule has 0 fully saturated rings. The van der Waals surface area contributed by atoms with E-state index < -0.39 is 5.97 Å². The molecule has 3 aromatic heterocycles. The molecular weight excluding hydrogens is 232 g/mol. The van der Waals surface area contributed by atoms with Gasteiger partial charge in [0.25, 0.3) is 0 Å². The zero-order valence-corrected chi connectivity index (χ0v) is 9.16. The number of hydrogen-bond donors (Lipinski definition) is 2. The molecule has 3 aromatic rings. The van der Waals surface area contributed by atoms with E-state index in [-0.39, 0.29) is 5.69 Å². The SMILES string of the molecule is O=C(O)c1cc2[nH]cnc2c(-c2ccccn2)n1. The maximum Gasteiger partial charge on any atom is 0.354 e. The van der Waals surface area contributed by atoms with Crippen LogP contribution in [0.25, 0.3) is 22.4 Å². The predicted octanol–water partition coefficient (Wildman–Crippen LogP) is 1.72. The van der Waals surface area contributed by atoms with Crippen LogP contribution in [0, 0.1) is 0 Å². The molecule has 88 valence electrons. The fourth-order valence-electron chi connectivity index (χ4n) is 1.74. The molecule has 0 aliphatic carbocycles. The fourth-order valence-corrected chi connectivity index (χ4v) is 1.74. The van der Waals surface area contributed by atoms with Gasteiger partial charge in [-0.25, -0.2) is 14.8 Å². The Morgan fingerprint density at radius 1 is 1.28 bits per heavy atom. The van der Waals surface area contributed by atoms with Crippen molar-refractivity contribution in [1.82, 2.24) is 19.9 Å². The van der Waals surface area contributed by atoms with Crippen molar-refractivity contribution >= 4 is 17.0 Å². The van der Waals surface area contributed by atoms with Crippen molar-refractivity contribution < 1.29 is 9.90 Å². The van der Waals surface area contributed by atoms with Crippen LogP contribution < -0.4 is 0 Å². The lowest BCUT2D eigenvalue weighted by molar-refractivity contribution is 0.0691. The number of nitrogens with zero attached hydrogens (tertiary/aromatic N) is 3. The first kappa shape index (κ1) is 10.4. The number of nitrogens with one attached hydrogen (secondary N) is 1. The zero-order valence-electron chi connectivity index (χ0n) is 9.16. The molecule has 0 unspecified atom stereocenters. The van der Waals surface area contributed by atoms with Gasteiger partial charge in [0.2, 0.25) is 0 Å². The van der Waals surface area contributed by atoms with E-state index in [0.29, 0.717) is 22.4 Å². The average Bonchev–Trinajstić information content (AvgIpc) is 2.86. The molecule has 0 aliphatic rings. The molecule has 0 amide bonds. The number of aromatic amines is 1. The molecule has 0 radical (unpaired) electrons. The van der Waals surface area contributed by atoms with Crippen molar-refractivity contribution in [1.29, 1.82) is 0 Å². The second kappa shape index (κ2) is 3.92. The van der Waals surface area contributed by atoms with Crippen LogP contribution in [0.5, 0.6) is 0 Å². The number of pyridine rings is 2. The van der Waals surface area contributed by atoms with Gasteiger partial charge >= 0.3 is 5.97 Å². The minimum absolute atomic E-state index is 0.0348. The average molecular weight is 240 g/mol. The highest BCUT2D eigenvalue weighted by Gasteiger charge is 2.14. The second-order valence-electron chi connectivity index (χ2n) is 3.67. The number of H-pyrrole nitrogens is 1. The molecule has 3 heterocycles. The van der Waals surface area contributed by atoms with E-state index in [9.17, 15) is 4.79 Å². The Kier molecular flexibility index (Phi) is 2.26. The van der Waals surface area contributed by atoms with E-state index >= 15 is 0 Å². The van der Waals surface area contributed by atoms with Crippen molar-refractivity contribution in [3.8, 4) is 11.4 Å². The van der Waals surface area contributed by atoms with Gasteiger partial charge in [-0.15, -0.1) is 0 Å². The maximum absolute atomic E-state index is 11.0. The summed E-state index contributed by atoms with van der Waals surface area (Å²) in [6, 6.07) is 6.82. The number of aromatic carboxylic acids is 1. The highest BCUT2D eigenvalue weighted by Crippen LogP contribution is 2.23. The molecule has 3 rings (SSSR count). The zero-order chi connectivity index (χ0) is 12.5. The quantitative estimate of drug-likeness (QED) is 0.711.